The Hall–Kier alpha value is -3.87. The standard InChI is InChI=1S/C25H25N3O4/c1-16-8-11-18(12-9-16)19(29)13-15-23-26-27-25(22-14-10-17(2)32-22)28(23)24-20(30-3)6-5-7-21(24)31-4/h5-12,14H,13,15H2,1-4H3. The topological polar surface area (TPSA) is 79.4 Å². The summed E-state index contributed by atoms with van der Waals surface area (Å²) in [4.78, 5) is 12.8. The van der Waals surface area contributed by atoms with Crippen molar-refractivity contribution in [1.82, 2.24) is 14.8 Å². The van der Waals surface area contributed by atoms with Gasteiger partial charge in [-0.3, -0.25) is 9.36 Å². The number of nitrogens with zero attached hydrogens (tertiary/aromatic N) is 3. The van der Waals surface area contributed by atoms with Crippen molar-refractivity contribution in [3.8, 4) is 28.8 Å². The number of carbonyl (C=O) groups excluding carboxylic acids is 1. The minimum absolute atomic E-state index is 0.0435. The maximum atomic E-state index is 12.8. The van der Waals surface area contributed by atoms with Gasteiger partial charge in [-0.1, -0.05) is 35.9 Å². The molecular weight excluding hydrogens is 406 g/mol. The summed E-state index contributed by atoms with van der Waals surface area (Å²) in [5, 5.41) is 8.78. The Morgan fingerprint density at radius 2 is 1.62 bits per heavy atom. The van der Waals surface area contributed by atoms with Crippen molar-refractivity contribution in [3.05, 3.63) is 77.3 Å². The highest BCUT2D eigenvalue weighted by atomic mass is 16.5. The van der Waals surface area contributed by atoms with Gasteiger partial charge in [0.15, 0.2) is 11.5 Å². The average Bonchev–Trinajstić information content (AvgIpc) is 3.43. The number of rotatable bonds is 8. The van der Waals surface area contributed by atoms with Crippen molar-refractivity contribution >= 4 is 5.78 Å². The lowest BCUT2D eigenvalue weighted by molar-refractivity contribution is 0.0982. The van der Waals surface area contributed by atoms with Crippen molar-refractivity contribution in [2.45, 2.75) is 26.7 Å². The Morgan fingerprint density at radius 3 is 2.22 bits per heavy atom. The lowest BCUT2D eigenvalue weighted by Crippen LogP contribution is -2.09. The number of Topliss-reactive ketones (excluding diaryl/α,β-unsaturated/α-hetero) is 1. The minimum Gasteiger partial charge on any atom is -0.494 e. The average molecular weight is 431 g/mol. The predicted molar refractivity (Wildman–Crippen MR) is 121 cm³/mol. The summed E-state index contributed by atoms with van der Waals surface area (Å²) in [5.74, 6) is 3.69. The second kappa shape index (κ2) is 9.09. The normalized spacial score (nSPS) is 10.9. The largest absolute Gasteiger partial charge is 0.494 e. The van der Waals surface area contributed by atoms with Crippen molar-refractivity contribution in [3.63, 3.8) is 0 Å². The summed E-state index contributed by atoms with van der Waals surface area (Å²) in [7, 11) is 3.19. The van der Waals surface area contributed by atoms with E-state index in [1.54, 1.807) is 14.2 Å². The SMILES string of the molecule is COc1cccc(OC)c1-n1c(CCC(=O)c2ccc(C)cc2)nnc1-c1ccc(C)o1. The summed E-state index contributed by atoms with van der Waals surface area (Å²) in [6, 6.07) is 16.8. The molecule has 164 valence electrons. The first kappa shape index (κ1) is 21.4. The molecule has 7 nitrogen and oxygen atoms in total. The molecule has 0 bridgehead atoms. The molecule has 32 heavy (non-hydrogen) atoms. The number of ketones is 1. The summed E-state index contributed by atoms with van der Waals surface area (Å²) >= 11 is 0. The van der Waals surface area contributed by atoms with Gasteiger partial charge in [-0.2, -0.15) is 0 Å². The van der Waals surface area contributed by atoms with Crippen LogP contribution in [-0.2, 0) is 6.42 Å². The molecule has 4 rings (SSSR count). The molecule has 0 radical (unpaired) electrons. The zero-order chi connectivity index (χ0) is 22.7. The molecule has 2 aromatic heterocycles. The van der Waals surface area contributed by atoms with Gasteiger partial charge >= 0.3 is 0 Å². The predicted octanol–water partition coefficient (Wildman–Crippen LogP) is 4.98. The number of aryl methyl sites for hydroxylation is 3. The van der Waals surface area contributed by atoms with Crippen LogP contribution in [0.25, 0.3) is 17.3 Å². The molecule has 7 heteroatoms. The maximum Gasteiger partial charge on any atom is 0.204 e. The monoisotopic (exact) mass is 431 g/mol. The van der Waals surface area contributed by atoms with Gasteiger partial charge < -0.3 is 13.9 Å². The van der Waals surface area contributed by atoms with E-state index in [1.165, 1.54) is 0 Å². The number of aromatic nitrogens is 3. The molecule has 0 unspecified atom stereocenters. The number of methoxy groups -OCH3 is 2. The third kappa shape index (κ3) is 4.14. The Morgan fingerprint density at radius 1 is 0.938 bits per heavy atom. The second-order valence-electron chi connectivity index (χ2n) is 7.49. The number of carbonyl (C=O) groups is 1. The Balaban J connectivity index is 1.77. The molecule has 0 atom stereocenters. The quantitative estimate of drug-likeness (QED) is 0.366. The highest BCUT2D eigenvalue weighted by molar-refractivity contribution is 5.96. The second-order valence-corrected chi connectivity index (χ2v) is 7.49. The maximum absolute atomic E-state index is 12.8. The molecule has 0 aliphatic carbocycles. The smallest absolute Gasteiger partial charge is 0.204 e. The van der Waals surface area contributed by atoms with Crippen LogP contribution in [0, 0.1) is 13.8 Å². The lowest BCUT2D eigenvalue weighted by atomic mass is 10.0. The first-order valence-corrected chi connectivity index (χ1v) is 10.3. The van der Waals surface area contributed by atoms with Crippen molar-refractivity contribution in [2.24, 2.45) is 0 Å². The Labute approximate surface area is 186 Å². The van der Waals surface area contributed by atoms with Gasteiger partial charge in [0.05, 0.1) is 14.2 Å². The first-order chi connectivity index (χ1) is 15.5. The van der Waals surface area contributed by atoms with E-state index in [9.17, 15) is 4.79 Å². The van der Waals surface area contributed by atoms with E-state index in [4.69, 9.17) is 13.9 Å². The molecule has 4 aromatic rings. The molecule has 0 amide bonds. The van der Waals surface area contributed by atoms with Crippen molar-refractivity contribution in [2.75, 3.05) is 14.2 Å². The summed E-state index contributed by atoms with van der Waals surface area (Å²) < 4.78 is 18.9. The van der Waals surface area contributed by atoms with Gasteiger partial charge in [0, 0.05) is 18.4 Å². The van der Waals surface area contributed by atoms with Gasteiger partial charge in [0.1, 0.15) is 28.8 Å². The summed E-state index contributed by atoms with van der Waals surface area (Å²) in [6.45, 7) is 3.87. The number of hydrogen-bond acceptors (Lipinski definition) is 6. The van der Waals surface area contributed by atoms with Crippen LogP contribution < -0.4 is 9.47 Å². The van der Waals surface area contributed by atoms with Gasteiger partial charge in [0.25, 0.3) is 0 Å². The van der Waals surface area contributed by atoms with Crippen LogP contribution in [0.15, 0.2) is 59.0 Å². The number of para-hydroxylation sites is 1. The first-order valence-electron chi connectivity index (χ1n) is 10.3. The van der Waals surface area contributed by atoms with E-state index in [2.05, 4.69) is 10.2 Å². The number of hydrogen-bond donors (Lipinski definition) is 0. The summed E-state index contributed by atoms with van der Waals surface area (Å²) in [5.41, 5.74) is 2.45. The van der Waals surface area contributed by atoms with Crippen LogP contribution in [0.3, 0.4) is 0 Å². The van der Waals surface area contributed by atoms with E-state index >= 15 is 0 Å². The van der Waals surface area contributed by atoms with Crippen molar-refractivity contribution < 1.29 is 18.7 Å². The van der Waals surface area contributed by atoms with Crippen LogP contribution in [0.4, 0.5) is 0 Å². The third-order valence-electron chi connectivity index (χ3n) is 5.27. The summed E-state index contributed by atoms with van der Waals surface area (Å²) in [6.07, 6.45) is 0.677. The van der Waals surface area contributed by atoms with E-state index in [0.29, 0.717) is 46.6 Å². The van der Waals surface area contributed by atoms with E-state index in [0.717, 1.165) is 11.3 Å². The van der Waals surface area contributed by atoms with Gasteiger partial charge in [0.2, 0.25) is 5.82 Å². The number of furan rings is 1. The van der Waals surface area contributed by atoms with Crippen LogP contribution in [-0.4, -0.2) is 34.8 Å². The fourth-order valence-corrected chi connectivity index (χ4v) is 3.59. The zero-order valence-electron chi connectivity index (χ0n) is 18.6. The molecule has 0 aliphatic heterocycles. The van der Waals surface area contributed by atoms with Crippen LogP contribution in [0.1, 0.15) is 33.9 Å². The molecule has 2 aromatic carbocycles. The van der Waals surface area contributed by atoms with Crippen LogP contribution >= 0.6 is 0 Å². The van der Waals surface area contributed by atoms with Crippen LogP contribution in [0.5, 0.6) is 11.5 Å². The van der Waals surface area contributed by atoms with Crippen LogP contribution in [0.2, 0.25) is 0 Å². The fraction of sp³-hybridized carbons (Fsp3) is 0.240. The van der Waals surface area contributed by atoms with Gasteiger partial charge in [-0.25, -0.2) is 0 Å². The highest BCUT2D eigenvalue weighted by Crippen LogP contribution is 2.36. The molecule has 0 aliphatic rings. The van der Waals surface area contributed by atoms with E-state index in [-0.39, 0.29) is 12.2 Å². The van der Waals surface area contributed by atoms with Gasteiger partial charge in [-0.15, -0.1) is 10.2 Å². The minimum atomic E-state index is 0.0435. The molecule has 0 fully saturated rings. The number of ether oxygens (including phenoxy) is 2. The highest BCUT2D eigenvalue weighted by Gasteiger charge is 2.24. The van der Waals surface area contributed by atoms with E-state index in [1.807, 2.05) is 73.0 Å². The molecule has 2 heterocycles. The molecule has 0 spiro atoms. The molecule has 0 saturated carbocycles. The van der Waals surface area contributed by atoms with E-state index < -0.39 is 0 Å². The fourth-order valence-electron chi connectivity index (χ4n) is 3.59. The van der Waals surface area contributed by atoms with Gasteiger partial charge in [-0.05, 0) is 38.1 Å². The Bertz CT molecular complexity index is 1220. The molecule has 0 N–H and O–H groups in total. The Kier molecular flexibility index (Phi) is 6.07. The molecule has 0 saturated heterocycles. The van der Waals surface area contributed by atoms with Crippen molar-refractivity contribution in [1.29, 1.82) is 0 Å². The molecular formula is C25H25N3O4. The third-order valence-corrected chi connectivity index (χ3v) is 5.27. The zero-order valence-corrected chi connectivity index (χ0v) is 18.6. The number of benzene rings is 2. The lowest BCUT2D eigenvalue weighted by Gasteiger charge is -2.16.